The zero-order chi connectivity index (χ0) is 18.8. The third kappa shape index (κ3) is 3.87. The van der Waals surface area contributed by atoms with Gasteiger partial charge >= 0.3 is 0 Å². The largest absolute Gasteiger partial charge is 0.445 e. The average Bonchev–Trinajstić information content (AvgIpc) is 3.13. The second-order valence-corrected chi connectivity index (χ2v) is 7.51. The number of hydrogen-bond acceptors (Lipinski definition) is 6. The Bertz CT molecular complexity index is 698. The SMILES string of the molecule is CCN1CCNC(=O)C1CC(=O)N1CCc2oc(C3CCOCC3)nc2C1. The predicted octanol–water partition coefficient (Wildman–Crippen LogP) is 0.664. The monoisotopic (exact) mass is 376 g/mol. The van der Waals surface area contributed by atoms with Gasteiger partial charge < -0.3 is 19.4 Å². The molecule has 148 valence electrons. The summed E-state index contributed by atoms with van der Waals surface area (Å²) in [6.07, 6.45) is 2.78. The number of aromatic nitrogens is 1. The first-order valence-electron chi connectivity index (χ1n) is 10.0. The summed E-state index contributed by atoms with van der Waals surface area (Å²) in [6.45, 7) is 6.83. The highest BCUT2D eigenvalue weighted by atomic mass is 16.5. The molecular weight excluding hydrogens is 348 g/mol. The van der Waals surface area contributed by atoms with Gasteiger partial charge in [0.25, 0.3) is 0 Å². The molecule has 4 heterocycles. The van der Waals surface area contributed by atoms with E-state index in [9.17, 15) is 9.59 Å². The molecule has 1 atom stereocenters. The lowest BCUT2D eigenvalue weighted by atomic mass is 10.0. The standard InChI is InChI=1S/C19H28N4O4/c1-2-22-8-6-20-18(25)15(22)11-17(24)23-7-3-16-14(12-23)21-19(27-16)13-4-9-26-10-5-13/h13,15H,2-12H2,1H3,(H,20,25). The van der Waals surface area contributed by atoms with Crippen molar-refractivity contribution in [1.82, 2.24) is 20.1 Å². The van der Waals surface area contributed by atoms with E-state index in [0.29, 0.717) is 32.0 Å². The fourth-order valence-electron chi connectivity index (χ4n) is 4.21. The number of nitrogens with one attached hydrogen (secondary N) is 1. The van der Waals surface area contributed by atoms with Gasteiger partial charge in [-0.1, -0.05) is 6.92 Å². The molecule has 8 heteroatoms. The molecule has 2 fully saturated rings. The number of carbonyl (C=O) groups excluding carboxylic acids is 2. The number of amides is 2. The van der Waals surface area contributed by atoms with Crippen molar-refractivity contribution in [3.63, 3.8) is 0 Å². The summed E-state index contributed by atoms with van der Waals surface area (Å²) in [7, 11) is 0. The quantitative estimate of drug-likeness (QED) is 0.831. The second-order valence-electron chi connectivity index (χ2n) is 7.51. The van der Waals surface area contributed by atoms with E-state index in [2.05, 4.69) is 10.2 Å². The van der Waals surface area contributed by atoms with E-state index in [1.54, 1.807) is 0 Å². The highest BCUT2D eigenvalue weighted by Gasteiger charge is 2.34. The van der Waals surface area contributed by atoms with Gasteiger partial charge in [-0.3, -0.25) is 14.5 Å². The summed E-state index contributed by atoms with van der Waals surface area (Å²) in [6, 6.07) is -0.368. The minimum absolute atomic E-state index is 0.0109. The Morgan fingerprint density at radius 2 is 2.11 bits per heavy atom. The molecule has 1 aromatic rings. The Balaban J connectivity index is 1.40. The molecule has 0 aromatic carbocycles. The highest BCUT2D eigenvalue weighted by Crippen LogP contribution is 2.30. The van der Waals surface area contributed by atoms with Crippen LogP contribution in [0.1, 0.15) is 49.4 Å². The highest BCUT2D eigenvalue weighted by molar-refractivity contribution is 5.88. The van der Waals surface area contributed by atoms with Gasteiger partial charge in [-0.25, -0.2) is 4.98 Å². The van der Waals surface area contributed by atoms with E-state index < -0.39 is 0 Å². The molecule has 2 amide bonds. The zero-order valence-corrected chi connectivity index (χ0v) is 15.9. The Morgan fingerprint density at radius 3 is 2.89 bits per heavy atom. The number of fused-ring (bicyclic) bond motifs is 1. The molecule has 0 radical (unpaired) electrons. The van der Waals surface area contributed by atoms with Crippen LogP contribution in [0, 0.1) is 0 Å². The van der Waals surface area contributed by atoms with Crippen molar-refractivity contribution in [2.45, 2.75) is 51.1 Å². The van der Waals surface area contributed by atoms with Gasteiger partial charge in [0, 0.05) is 45.2 Å². The van der Waals surface area contributed by atoms with Crippen LogP contribution in [0.2, 0.25) is 0 Å². The predicted molar refractivity (Wildman–Crippen MR) is 97.1 cm³/mol. The van der Waals surface area contributed by atoms with Gasteiger partial charge in [0.15, 0.2) is 5.89 Å². The van der Waals surface area contributed by atoms with Crippen molar-refractivity contribution in [3.8, 4) is 0 Å². The third-order valence-corrected chi connectivity index (χ3v) is 5.88. The van der Waals surface area contributed by atoms with Gasteiger partial charge in [-0.2, -0.15) is 0 Å². The number of likely N-dealkylation sites (N-methyl/N-ethyl adjacent to an activating group) is 1. The van der Waals surface area contributed by atoms with Crippen LogP contribution in [0.15, 0.2) is 4.42 Å². The molecule has 2 saturated heterocycles. The lowest BCUT2D eigenvalue weighted by molar-refractivity contribution is -0.139. The molecule has 1 aromatic heterocycles. The van der Waals surface area contributed by atoms with Gasteiger partial charge in [-0.15, -0.1) is 0 Å². The van der Waals surface area contributed by atoms with Crippen LogP contribution in [0.25, 0.3) is 0 Å². The van der Waals surface area contributed by atoms with Crippen LogP contribution in [0.4, 0.5) is 0 Å². The van der Waals surface area contributed by atoms with Gasteiger partial charge in [0.05, 0.1) is 19.0 Å². The normalized spacial score (nSPS) is 24.6. The van der Waals surface area contributed by atoms with Gasteiger partial charge in [-0.05, 0) is 19.4 Å². The lowest BCUT2D eigenvalue weighted by Gasteiger charge is -2.35. The minimum Gasteiger partial charge on any atom is -0.445 e. The smallest absolute Gasteiger partial charge is 0.237 e. The third-order valence-electron chi connectivity index (χ3n) is 5.88. The Morgan fingerprint density at radius 1 is 1.30 bits per heavy atom. The molecule has 1 N–H and O–H groups in total. The first-order chi connectivity index (χ1) is 13.2. The van der Waals surface area contributed by atoms with E-state index >= 15 is 0 Å². The second kappa shape index (κ2) is 7.98. The van der Waals surface area contributed by atoms with Crippen LogP contribution in [0.5, 0.6) is 0 Å². The van der Waals surface area contributed by atoms with Gasteiger partial charge in [0.2, 0.25) is 11.8 Å². The van der Waals surface area contributed by atoms with E-state index in [4.69, 9.17) is 14.1 Å². The summed E-state index contributed by atoms with van der Waals surface area (Å²) in [5.41, 5.74) is 0.872. The van der Waals surface area contributed by atoms with Crippen LogP contribution in [-0.4, -0.2) is 72.0 Å². The van der Waals surface area contributed by atoms with Crippen LogP contribution < -0.4 is 5.32 Å². The number of rotatable bonds is 4. The van der Waals surface area contributed by atoms with Crippen LogP contribution in [-0.2, 0) is 27.3 Å². The Labute approximate surface area is 159 Å². The zero-order valence-electron chi connectivity index (χ0n) is 15.9. The van der Waals surface area contributed by atoms with Crippen molar-refractivity contribution >= 4 is 11.8 Å². The molecule has 3 aliphatic rings. The molecule has 0 saturated carbocycles. The summed E-state index contributed by atoms with van der Waals surface area (Å²) < 4.78 is 11.4. The first kappa shape index (κ1) is 18.4. The van der Waals surface area contributed by atoms with E-state index in [1.807, 2.05) is 11.8 Å². The minimum atomic E-state index is -0.368. The number of carbonyl (C=O) groups is 2. The van der Waals surface area contributed by atoms with E-state index in [1.165, 1.54) is 0 Å². The van der Waals surface area contributed by atoms with Crippen molar-refractivity contribution in [2.75, 3.05) is 39.4 Å². The van der Waals surface area contributed by atoms with Gasteiger partial charge in [0.1, 0.15) is 11.5 Å². The number of piperazine rings is 1. The molecule has 4 rings (SSSR count). The number of hydrogen-bond donors (Lipinski definition) is 1. The maximum absolute atomic E-state index is 12.8. The Kier molecular flexibility index (Phi) is 5.45. The summed E-state index contributed by atoms with van der Waals surface area (Å²) >= 11 is 0. The summed E-state index contributed by atoms with van der Waals surface area (Å²) in [5.74, 6) is 1.99. The molecule has 0 bridgehead atoms. The van der Waals surface area contributed by atoms with Crippen LogP contribution in [0.3, 0.4) is 0 Å². The molecule has 8 nitrogen and oxygen atoms in total. The topological polar surface area (TPSA) is 87.9 Å². The average molecular weight is 376 g/mol. The van der Waals surface area contributed by atoms with Crippen molar-refractivity contribution in [1.29, 1.82) is 0 Å². The molecule has 27 heavy (non-hydrogen) atoms. The molecular formula is C19H28N4O4. The van der Waals surface area contributed by atoms with Crippen molar-refractivity contribution < 1.29 is 18.7 Å². The molecule has 0 spiro atoms. The molecule has 3 aliphatic heterocycles. The van der Waals surface area contributed by atoms with E-state index in [0.717, 1.165) is 56.5 Å². The fraction of sp³-hybridized carbons (Fsp3) is 0.737. The maximum atomic E-state index is 12.8. The first-order valence-corrected chi connectivity index (χ1v) is 10.0. The number of ether oxygens (including phenoxy) is 1. The maximum Gasteiger partial charge on any atom is 0.237 e. The summed E-state index contributed by atoms with van der Waals surface area (Å²) in [4.78, 5) is 33.6. The van der Waals surface area contributed by atoms with Crippen molar-refractivity contribution in [2.24, 2.45) is 0 Å². The Hall–Kier alpha value is -1.93. The number of oxazole rings is 1. The van der Waals surface area contributed by atoms with E-state index in [-0.39, 0.29) is 24.3 Å². The summed E-state index contributed by atoms with van der Waals surface area (Å²) in [5, 5.41) is 2.87. The fourth-order valence-corrected chi connectivity index (χ4v) is 4.21. The lowest BCUT2D eigenvalue weighted by Crippen LogP contribution is -2.56. The van der Waals surface area contributed by atoms with Crippen LogP contribution >= 0.6 is 0 Å². The van der Waals surface area contributed by atoms with Crippen molar-refractivity contribution in [3.05, 3.63) is 17.3 Å². The number of nitrogens with zero attached hydrogens (tertiary/aromatic N) is 3. The molecule has 0 aliphatic carbocycles. The molecule has 1 unspecified atom stereocenters.